The Kier molecular flexibility index (Phi) is 6.29. The molecule has 21 heavy (non-hydrogen) atoms. The molecule has 1 heterocycles. The van der Waals surface area contributed by atoms with Crippen LogP contribution in [-0.4, -0.2) is 45.7 Å². The van der Waals surface area contributed by atoms with Gasteiger partial charge in [-0.05, 0) is 31.5 Å². The number of nitrogens with one attached hydrogen (secondary N) is 1. The lowest BCUT2D eigenvalue weighted by Gasteiger charge is -2.23. The van der Waals surface area contributed by atoms with Gasteiger partial charge in [0.05, 0.1) is 39.1 Å². The lowest BCUT2D eigenvalue weighted by Crippen LogP contribution is -2.37. The predicted molar refractivity (Wildman–Crippen MR) is 81.0 cm³/mol. The lowest BCUT2D eigenvalue weighted by atomic mass is 10.2. The summed E-state index contributed by atoms with van der Waals surface area (Å²) in [5.41, 5.74) is 1.15. The maximum atomic E-state index is 5.71. The Bertz CT molecular complexity index is 430. The molecule has 1 aromatic rings. The highest BCUT2D eigenvalue weighted by Crippen LogP contribution is 2.28. The van der Waals surface area contributed by atoms with Crippen LogP contribution in [-0.2, 0) is 16.0 Å². The minimum Gasteiger partial charge on any atom is -0.493 e. The van der Waals surface area contributed by atoms with Gasteiger partial charge in [0.2, 0.25) is 0 Å². The number of hydrogen-bond acceptors (Lipinski definition) is 5. The second-order valence-corrected chi connectivity index (χ2v) is 5.35. The molecule has 1 aliphatic heterocycles. The van der Waals surface area contributed by atoms with Crippen LogP contribution >= 0.6 is 0 Å². The molecule has 5 nitrogen and oxygen atoms in total. The second kappa shape index (κ2) is 8.22. The van der Waals surface area contributed by atoms with Gasteiger partial charge in [-0.1, -0.05) is 6.07 Å². The third kappa shape index (κ3) is 5.19. The summed E-state index contributed by atoms with van der Waals surface area (Å²) in [7, 11) is 1.66. The van der Waals surface area contributed by atoms with Crippen LogP contribution in [0.15, 0.2) is 18.2 Å². The summed E-state index contributed by atoms with van der Waals surface area (Å²) >= 11 is 0. The Morgan fingerprint density at radius 2 is 2.14 bits per heavy atom. The molecule has 0 amide bonds. The molecule has 118 valence electrons. The van der Waals surface area contributed by atoms with Crippen molar-refractivity contribution in [2.75, 3.05) is 33.5 Å². The van der Waals surface area contributed by atoms with Gasteiger partial charge in [0.15, 0.2) is 11.5 Å². The van der Waals surface area contributed by atoms with E-state index < -0.39 is 0 Å². The minimum atomic E-state index is 0.131. The van der Waals surface area contributed by atoms with Crippen molar-refractivity contribution >= 4 is 0 Å². The van der Waals surface area contributed by atoms with Crippen molar-refractivity contribution in [3.05, 3.63) is 23.8 Å². The maximum absolute atomic E-state index is 5.71. The van der Waals surface area contributed by atoms with Gasteiger partial charge in [-0.2, -0.15) is 0 Å². The highest BCUT2D eigenvalue weighted by Gasteiger charge is 2.13. The quantitative estimate of drug-likeness (QED) is 0.833. The molecule has 0 bridgehead atoms. The normalized spacial score (nSPS) is 18.8. The molecule has 2 rings (SSSR count). The summed E-state index contributed by atoms with van der Waals surface area (Å²) in [6.45, 7) is 7.59. The van der Waals surface area contributed by atoms with Crippen molar-refractivity contribution in [1.29, 1.82) is 0 Å². The molecule has 1 atom stereocenters. The maximum Gasteiger partial charge on any atom is 0.161 e. The molecule has 1 fully saturated rings. The van der Waals surface area contributed by atoms with Crippen LogP contribution in [0.4, 0.5) is 0 Å². The van der Waals surface area contributed by atoms with E-state index in [9.17, 15) is 0 Å². The molecule has 0 aromatic heterocycles. The Morgan fingerprint density at radius 3 is 2.81 bits per heavy atom. The van der Waals surface area contributed by atoms with Gasteiger partial charge in [0, 0.05) is 13.1 Å². The molecule has 0 radical (unpaired) electrons. The topological polar surface area (TPSA) is 49.0 Å². The zero-order valence-corrected chi connectivity index (χ0v) is 13.1. The van der Waals surface area contributed by atoms with Crippen molar-refractivity contribution in [3.63, 3.8) is 0 Å². The van der Waals surface area contributed by atoms with Crippen LogP contribution in [0, 0.1) is 0 Å². The summed E-state index contributed by atoms with van der Waals surface area (Å²) < 4.78 is 22.1. The van der Waals surface area contributed by atoms with Crippen molar-refractivity contribution in [2.45, 2.75) is 32.6 Å². The van der Waals surface area contributed by atoms with Crippen LogP contribution in [0.2, 0.25) is 0 Å². The van der Waals surface area contributed by atoms with E-state index in [2.05, 4.69) is 5.32 Å². The Hall–Kier alpha value is -1.30. The van der Waals surface area contributed by atoms with E-state index in [1.165, 1.54) is 0 Å². The van der Waals surface area contributed by atoms with Crippen molar-refractivity contribution < 1.29 is 18.9 Å². The molecule has 0 spiro atoms. The molecule has 0 saturated carbocycles. The number of hydrogen-bond donors (Lipinski definition) is 1. The molecule has 5 heteroatoms. The van der Waals surface area contributed by atoms with E-state index in [1.807, 2.05) is 32.0 Å². The standard InChI is InChI=1S/C16H25NO4/c1-12(2)21-15-5-4-13(8-16(15)18-3)9-17-10-14-11-19-6-7-20-14/h4-5,8,12,14,17H,6-7,9-11H2,1-3H3. The van der Waals surface area contributed by atoms with E-state index in [0.29, 0.717) is 19.8 Å². The average molecular weight is 295 g/mol. The second-order valence-electron chi connectivity index (χ2n) is 5.35. The Morgan fingerprint density at radius 1 is 1.29 bits per heavy atom. The molecule has 1 saturated heterocycles. The number of methoxy groups -OCH3 is 1. The number of benzene rings is 1. The highest BCUT2D eigenvalue weighted by atomic mass is 16.6. The fraction of sp³-hybridized carbons (Fsp3) is 0.625. The van der Waals surface area contributed by atoms with Gasteiger partial charge in [0.1, 0.15) is 0 Å². The van der Waals surface area contributed by atoms with E-state index in [1.54, 1.807) is 7.11 Å². The number of ether oxygens (including phenoxy) is 4. The molecular weight excluding hydrogens is 270 g/mol. The van der Waals surface area contributed by atoms with Gasteiger partial charge < -0.3 is 24.3 Å². The van der Waals surface area contributed by atoms with E-state index >= 15 is 0 Å². The van der Waals surface area contributed by atoms with Gasteiger partial charge in [0.25, 0.3) is 0 Å². The molecular formula is C16H25NO4. The third-order valence-electron chi connectivity index (χ3n) is 3.18. The largest absolute Gasteiger partial charge is 0.493 e. The van der Waals surface area contributed by atoms with E-state index in [-0.39, 0.29) is 12.2 Å². The van der Waals surface area contributed by atoms with E-state index in [4.69, 9.17) is 18.9 Å². The van der Waals surface area contributed by atoms with Crippen molar-refractivity contribution in [3.8, 4) is 11.5 Å². The first-order valence-corrected chi connectivity index (χ1v) is 7.42. The van der Waals surface area contributed by atoms with Crippen molar-refractivity contribution in [2.24, 2.45) is 0 Å². The zero-order valence-electron chi connectivity index (χ0n) is 13.1. The first-order valence-electron chi connectivity index (χ1n) is 7.42. The summed E-state index contributed by atoms with van der Waals surface area (Å²) in [6, 6.07) is 6.00. The predicted octanol–water partition coefficient (Wildman–Crippen LogP) is 1.99. The summed E-state index contributed by atoms with van der Waals surface area (Å²) in [5, 5.41) is 3.38. The van der Waals surface area contributed by atoms with Gasteiger partial charge in [-0.25, -0.2) is 0 Å². The third-order valence-corrected chi connectivity index (χ3v) is 3.18. The molecule has 1 N–H and O–H groups in total. The first-order chi connectivity index (χ1) is 10.2. The fourth-order valence-electron chi connectivity index (χ4n) is 2.21. The summed E-state index contributed by atoms with van der Waals surface area (Å²) in [6.07, 6.45) is 0.274. The van der Waals surface area contributed by atoms with Crippen molar-refractivity contribution in [1.82, 2.24) is 5.32 Å². The average Bonchev–Trinajstić information content (AvgIpc) is 2.49. The molecule has 1 aliphatic rings. The van der Waals surface area contributed by atoms with Gasteiger partial charge in [-0.3, -0.25) is 0 Å². The van der Waals surface area contributed by atoms with Gasteiger partial charge in [-0.15, -0.1) is 0 Å². The Labute approximate surface area is 126 Å². The van der Waals surface area contributed by atoms with Crippen LogP contribution in [0.1, 0.15) is 19.4 Å². The summed E-state index contributed by atoms with van der Waals surface area (Å²) in [4.78, 5) is 0. The summed E-state index contributed by atoms with van der Waals surface area (Å²) in [5.74, 6) is 1.54. The van der Waals surface area contributed by atoms with Crippen LogP contribution in [0.3, 0.4) is 0 Å². The molecule has 1 aromatic carbocycles. The van der Waals surface area contributed by atoms with Crippen LogP contribution < -0.4 is 14.8 Å². The smallest absolute Gasteiger partial charge is 0.161 e. The first kappa shape index (κ1) is 16.1. The zero-order chi connectivity index (χ0) is 15.1. The molecule has 0 aliphatic carbocycles. The van der Waals surface area contributed by atoms with Crippen LogP contribution in [0.5, 0.6) is 11.5 Å². The van der Waals surface area contributed by atoms with Gasteiger partial charge >= 0.3 is 0 Å². The van der Waals surface area contributed by atoms with E-state index in [0.717, 1.165) is 30.2 Å². The Balaban J connectivity index is 1.85. The minimum absolute atomic E-state index is 0.131. The highest BCUT2D eigenvalue weighted by molar-refractivity contribution is 5.43. The fourth-order valence-corrected chi connectivity index (χ4v) is 2.21. The number of rotatable bonds is 7. The van der Waals surface area contributed by atoms with Crippen LogP contribution in [0.25, 0.3) is 0 Å². The lowest BCUT2D eigenvalue weighted by molar-refractivity contribution is -0.0864. The monoisotopic (exact) mass is 295 g/mol. The SMILES string of the molecule is COc1cc(CNCC2COCCO2)ccc1OC(C)C. The molecule has 1 unspecified atom stereocenters.